The Labute approximate surface area is 222 Å². The summed E-state index contributed by atoms with van der Waals surface area (Å²) < 4.78 is 6.33. The fourth-order valence-corrected chi connectivity index (χ4v) is 5.48. The monoisotopic (exact) mass is 534 g/mol. The third-order valence-corrected chi connectivity index (χ3v) is 8.43. The lowest BCUT2D eigenvalue weighted by molar-refractivity contribution is -0.135. The molecule has 0 bridgehead atoms. The maximum absolute atomic E-state index is 13.5. The van der Waals surface area contributed by atoms with Crippen molar-refractivity contribution >= 4 is 29.4 Å². The van der Waals surface area contributed by atoms with Gasteiger partial charge in [0.05, 0.1) is 6.61 Å². The quantitative estimate of drug-likeness (QED) is 0.365. The Morgan fingerprint density at radius 1 is 1.18 bits per heavy atom. The molecule has 12 nitrogen and oxygen atoms in total. The fourth-order valence-electron chi connectivity index (χ4n) is 5.48. The van der Waals surface area contributed by atoms with Crippen LogP contribution in [-0.4, -0.2) is 64.6 Å². The zero-order chi connectivity index (χ0) is 28.3. The van der Waals surface area contributed by atoms with Crippen LogP contribution in [0.2, 0.25) is 0 Å². The van der Waals surface area contributed by atoms with Gasteiger partial charge < -0.3 is 20.7 Å². The summed E-state index contributed by atoms with van der Waals surface area (Å²) in [6.45, 7) is 8.27. The minimum atomic E-state index is -1.01. The summed E-state index contributed by atoms with van der Waals surface area (Å²) in [4.78, 5) is 69.3. The molecule has 1 aromatic rings. The normalized spacial score (nSPS) is 21.7. The van der Waals surface area contributed by atoms with E-state index in [0.717, 1.165) is 35.5 Å². The van der Waals surface area contributed by atoms with Crippen LogP contribution in [0.1, 0.15) is 72.6 Å². The number of anilines is 2. The van der Waals surface area contributed by atoms with Gasteiger partial charge in [0.15, 0.2) is 5.69 Å². The standard InChI is InChI=1S/C26H42N6O6/c1-6-8-13-31-20(27)19(21(34)28-23(31)36)30(14-15-38-5)18(33)16-32-22(35)26(29-24(32)37)11-9-17(10-12-26)25(3,4)7-2/h17H,6-16,27H2,1-5H3,(H,29,37)(H,28,34,36). The van der Waals surface area contributed by atoms with Gasteiger partial charge in [-0.05, 0) is 43.4 Å². The van der Waals surface area contributed by atoms with Gasteiger partial charge in [0.1, 0.15) is 17.9 Å². The molecule has 2 heterocycles. The molecule has 0 aromatic carbocycles. The van der Waals surface area contributed by atoms with Crippen molar-refractivity contribution in [3.8, 4) is 0 Å². The van der Waals surface area contributed by atoms with Crippen molar-refractivity contribution in [3.05, 3.63) is 20.8 Å². The molecule has 12 heteroatoms. The lowest BCUT2D eigenvalue weighted by Gasteiger charge is -2.42. The molecule has 2 fully saturated rings. The molecule has 1 saturated heterocycles. The number of ether oxygens (including phenoxy) is 1. The first-order valence-corrected chi connectivity index (χ1v) is 13.5. The van der Waals surface area contributed by atoms with Crippen LogP contribution in [0.4, 0.5) is 16.3 Å². The molecule has 38 heavy (non-hydrogen) atoms. The molecule has 4 amide bonds. The molecule has 2 aliphatic rings. The molecule has 1 spiro atoms. The maximum Gasteiger partial charge on any atom is 0.330 e. The van der Waals surface area contributed by atoms with Gasteiger partial charge in [0.2, 0.25) is 5.91 Å². The summed E-state index contributed by atoms with van der Waals surface area (Å²) in [6.07, 6.45) is 5.09. The van der Waals surface area contributed by atoms with Crippen molar-refractivity contribution in [3.63, 3.8) is 0 Å². The highest BCUT2D eigenvalue weighted by atomic mass is 16.5. The molecule has 0 unspecified atom stereocenters. The molecule has 1 aliphatic heterocycles. The van der Waals surface area contributed by atoms with E-state index in [9.17, 15) is 24.0 Å². The second-order valence-electron chi connectivity index (χ2n) is 11.1. The van der Waals surface area contributed by atoms with Gasteiger partial charge in [-0.25, -0.2) is 9.59 Å². The van der Waals surface area contributed by atoms with E-state index < -0.39 is 41.2 Å². The smallest absolute Gasteiger partial charge is 0.330 e. The molecule has 0 atom stereocenters. The number of nitrogens with one attached hydrogen (secondary N) is 2. The van der Waals surface area contributed by atoms with E-state index in [2.05, 4.69) is 31.1 Å². The van der Waals surface area contributed by atoms with Gasteiger partial charge >= 0.3 is 11.7 Å². The predicted octanol–water partition coefficient (Wildman–Crippen LogP) is 1.82. The van der Waals surface area contributed by atoms with Gasteiger partial charge in [0.25, 0.3) is 11.5 Å². The maximum atomic E-state index is 13.5. The Balaban J connectivity index is 1.85. The van der Waals surface area contributed by atoms with E-state index in [0.29, 0.717) is 25.2 Å². The number of nitrogens with zero attached hydrogens (tertiary/aromatic N) is 3. The lowest BCUT2D eigenvalue weighted by Crippen LogP contribution is -2.51. The van der Waals surface area contributed by atoms with E-state index in [4.69, 9.17) is 10.5 Å². The van der Waals surface area contributed by atoms with Crippen LogP contribution in [0.5, 0.6) is 0 Å². The molecule has 212 valence electrons. The summed E-state index contributed by atoms with van der Waals surface area (Å²) in [5.41, 5.74) is 3.66. The Bertz CT molecular complexity index is 1160. The predicted molar refractivity (Wildman–Crippen MR) is 144 cm³/mol. The Morgan fingerprint density at radius 3 is 2.42 bits per heavy atom. The molecule has 1 saturated carbocycles. The number of nitrogens with two attached hydrogens (primary N) is 1. The summed E-state index contributed by atoms with van der Waals surface area (Å²) in [5, 5.41) is 2.85. The number of unbranched alkanes of at least 4 members (excludes halogenated alkanes) is 1. The van der Waals surface area contributed by atoms with Crippen molar-refractivity contribution in [1.82, 2.24) is 19.8 Å². The molecule has 3 rings (SSSR count). The van der Waals surface area contributed by atoms with E-state index in [1.54, 1.807) is 0 Å². The minimum Gasteiger partial charge on any atom is -0.383 e. The SMILES string of the molecule is CCCCn1c(N)c(N(CCOC)C(=O)CN2C(=O)NC3(CCC(C(C)(C)CC)CC3)C2=O)c(=O)[nH]c1=O. The number of methoxy groups -OCH3 is 1. The number of hydrogen-bond acceptors (Lipinski definition) is 7. The number of urea groups is 1. The van der Waals surface area contributed by atoms with E-state index in [1.807, 2.05) is 6.92 Å². The Kier molecular flexibility index (Phi) is 9.06. The minimum absolute atomic E-state index is 0.0584. The number of aromatic amines is 1. The van der Waals surface area contributed by atoms with Crippen LogP contribution in [0.15, 0.2) is 9.59 Å². The summed E-state index contributed by atoms with van der Waals surface area (Å²) in [5.74, 6) is -0.810. The molecule has 4 N–H and O–H groups in total. The number of carbonyl (C=O) groups excluding carboxylic acids is 3. The van der Waals surface area contributed by atoms with Gasteiger partial charge in [-0.2, -0.15) is 0 Å². The van der Waals surface area contributed by atoms with Crippen molar-refractivity contribution < 1.29 is 19.1 Å². The van der Waals surface area contributed by atoms with Gasteiger partial charge in [-0.15, -0.1) is 0 Å². The molecular formula is C26H42N6O6. The zero-order valence-electron chi connectivity index (χ0n) is 23.2. The number of imide groups is 1. The third kappa shape index (κ3) is 5.64. The molecule has 1 aromatic heterocycles. The zero-order valence-corrected chi connectivity index (χ0v) is 23.2. The average molecular weight is 535 g/mol. The highest BCUT2D eigenvalue weighted by molar-refractivity contribution is 6.10. The van der Waals surface area contributed by atoms with Crippen molar-refractivity contribution in [2.75, 3.05) is 37.4 Å². The topological polar surface area (TPSA) is 160 Å². The summed E-state index contributed by atoms with van der Waals surface area (Å²) >= 11 is 0. The van der Waals surface area contributed by atoms with E-state index >= 15 is 0 Å². The Hall–Kier alpha value is -3.15. The van der Waals surface area contributed by atoms with Crippen LogP contribution in [0.3, 0.4) is 0 Å². The first-order chi connectivity index (χ1) is 17.9. The number of hydrogen-bond donors (Lipinski definition) is 3. The number of carbonyl (C=O) groups is 3. The third-order valence-electron chi connectivity index (χ3n) is 8.43. The van der Waals surface area contributed by atoms with Crippen molar-refractivity contribution in [2.45, 2.75) is 84.7 Å². The Morgan fingerprint density at radius 2 is 1.84 bits per heavy atom. The van der Waals surface area contributed by atoms with Crippen molar-refractivity contribution in [1.29, 1.82) is 0 Å². The fraction of sp³-hybridized carbons (Fsp3) is 0.731. The average Bonchev–Trinajstić information content (AvgIpc) is 3.09. The van der Waals surface area contributed by atoms with Crippen LogP contribution in [0.25, 0.3) is 0 Å². The highest BCUT2D eigenvalue weighted by Gasteiger charge is 2.54. The van der Waals surface area contributed by atoms with Crippen LogP contribution in [0, 0.1) is 11.3 Å². The van der Waals surface area contributed by atoms with Gasteiger partial charge in [-0.3, -0.25) is 28.8 Å². The molecule has 1 aliphatic carbocycles. The van der Waals surface area contributed by atoms with Crippen LogP contribution in [-0.2, 0) is 20.9 Å². The summed E-state index contributed by atoms with van der Waals surface area (Å²) in [6, 6.07) is -0.627. The van der Waals surface area contributed by atoms with Crippen molar-refractivity contribution in [2.24, 2.45) is 11.3 Å². The number of H-pyrrole nitrogens is 1. The molecule has 0 radical (unpaired) electrons. The van der Waals surface area contributed by atoms with E-state index in [-0.39, 0.29) is 36.6 Å². The lowest BCUT2D eigenvalue weighted by atomic mass is 9.65. The number of rotatable bonds is 11. The first kappa shape index (κ1) is 29.4. The highest BCUT2D eigenvalue weighted by Crippen LogP contribution is 2.45. The van der Waals surface area contributed by atoms with E-state index in [1.165, 1.54) is 11.7 Å². The largest absolute Gasteiger partial charge is 0.383 e. The second kappa shape index (κ2) is 11.7. The summed E-state index contributed by atoms with van der Waals surface area (Å²) in [7, 11) is 1.44. The number of amides is 4. The van der Waals surface area contributed by atoms with Gasteiger partial charge in [-0.1, -0.05) is 40.5 Å². The molecular weight excluding hydrogens is 492 g/mol. The van der Waals surface area contributed by atoms with Crippen LogP contribution >= 0.6 is 0 Å². The first-order valence-electron chi connectivity index (χ1n) is 13.5. The van der Waals surface area contributed by atoms with Gasteiger partial charge in [0, 0.05) is 20.2 Å². The second-order valence-corrected chi connectivity index (χ2v) is 11.1. The van der Waals surface area contributed by atoms with Crippen LogP contribution < -0.4 is 27.2 Å². The number of nitrogen functional groups attached to an aromatic ring is 1. The number of aromatic nitrogens is 2.